The molecule has 0 aromatic carbocycles. The molecular formula is C11H10N4O2S2. The summed E-state index contributed by atoms with van der Waals surface area (Å²) in [6.45, 7) is 3.87. The van der Waals surface area contributed by atoms with E-state index in [9.17, 15) is 0 Å². The first-order valence-corrected chi connectivity index (χ1v) is 7.23. The van der Waals surface area contributed by atoms with Gasteiger partial charge in [0.05, 0.1) is 11.8 Å². The topological polar surface area (TPSA) is 77.8 Å². The molecule has 0 atom stereocenters. The Bertz CT molecular complexity index is 688. The number of furan rings is 1. The number of rotatable bonds is 4. The van der Waals surface area contributed by atoms with E-state index in [0.29, 0.717) is 11.1 Å². The van der Waals surface area contributed by atoms with Crippen LogP contribution in [0.4, 0.5) is 0 Å². The van der Waals surface area contributed by atoms with Crippen LogP contribution in [0.25, 0.3) is 11.5 Å². The molecule has 6 nitrogen and oxygen atoms in total. The molecule has 3 aromatic heterocycles. The van der Waals surface area contributed by atoms with E-state index in [1.807, 2.05) is 13.8 Å². The Labute approximate surface area is 117 Å². The summed E-state index contributed by atoms with van der Waals surface area (Å²) in [6, 6.07) is 1.80. The van der Waals surface area contributed by atoms with Gasteiger partial charge in [0.25, 0.3) is 11.1 Å². The Balaban J connectivity index is 1.80. The van der Waals surface area contributed by atoms with Gasteiger partial charge in [0, 0.05) is 18.2 Å². The van der Waals surface area contributed by atoms with Crippen molar-refractivity contribution < 1.29 is 8.83 Å². The summed E-state index contributed by atoms with van der Waals surface area (Å²) < 4.78 is 15.8. The van der Waals surface area contributed by atoms with Gasteiger partial charge < -0.3 is 8.83 Å². The second-order valence-electron chi connectivity index (χ2n) is 3.70. The Hall–Kier alpha value is -1.67. The van der Waals surface area contributed by atoms with Gasteiger partial charge in [-0.25, -0.2) is 4.98 Å². The quantitative estimate of drug-likeness (QED) is 0.731. The summed E-state index contributed by atoms with van der Waals surface area (Å²) in [4.78, 5) is 4.34. The van der Waals surface area contributed by atoms with E-state index in [4.69, 9.17) is 8.83 Å². The Morgan fingerprint density at radius 1 is 1.37 bits per heavy atom. The highest BCUT2D eigenvalue weighted by Crippen LogP contribution is 2.31. The lowest BCUT2D eigenvalue weighted by atomic mass is 10.3. The van der Waals surface area contributed by atoms with Gasteiger partial charge in [-0.2, -0.15) is 4.37 Å². The number of hydrogen-bond donors (Lipinski definition) is 0. The molecular weight excluding hydrogens is 284 g/mol. The minimum Gasteiger partial charge on any atom is -0.469 e. The van der Waals surface area contributed by atoms with Crippen LogP contribution in [-0.2, 0) is 6.42 Å². The van der Waals surface area contributed by atoms with Gasteiger partial charge >= 0.3 is 0 Å². The van der Waals surface area contributed by atoms with Crippen molar-refractivity contribution in [3.8, 4) is 11.5 Å². The van der Waals surface area contributed by atoms with Crippen LogP contribution in [0.15, 0.2) is 30.7 Å². The lowest BCUT2D eigenvalue weighted by molar-refractivity contribution is 0.463. The van der Waals surface area contributed by atoms with Crippen molar-refractivity contribution in [1.29, 1.82) is 0 Å². The first-order valence-electron chi connectivity index (χ1n) is 5.64. The molecule has 0 aliphatic heterocycles. The van der Waals surface area contributed by atoms with Crippen LogP contribution in [0.2, 0.25) is 0 Å². The zero-order valence-corrected chi connectivity index (χ0v) is 11.9. The van der Waals surface area contributed by atoms with E-state index >= 15 is 0 Å². The molecule has 0 bridgehead atoms. The normalized spacial score (nSPS) is 11.1. The van der Waals surface area contributed by atoms with Crippen LogP contribution in [0.3, 0.4) is 0 Å². The molecule has 3 aromatic rings. The van der Waals surface area contributed by atoms with Crippen molar-refractivity contribution in [1.82, 2.24) is 19.6 Å². The lowest BCUT2D eigenvalue weighted by Gasteiger charge is -1.89. The number of aromatic nitrogens is 4. The van der Waals surface area contributed by atoms with Gasteiger partial charge in [0.2, 0.25) is 0 Å². The second-order valence-corrected chi connectivity index (χ2v) is 5.65. The Morgan fingerprint density at radius 3 is 2.95 bits per heavy atom. The zero-order valence-electron chi connectivity index (χ0n) is 10.3. The monoisotopic (exact) mass is 294 g/mol. The van der Waals surface area contributed by atoms with Gasteiger partial charge in [-0.05, 0) is 24.5 Å². The van der Waals surface area contributed by atoms with E-state index < -0.39 is 0 Å². The van der Waals surface area contributed by atoms with E-state index in [2.05, 4.69) is 19.6 Å². The standard InChI is InChI=1S/C11H10N4O2S2/c1-3-8-12-11(19-15-8)18-10-14-13-9(17-10)7-4-5-16-6(7)2/h4-5H,3H2,1-2H3. The van der Waals surface area contributed by atoms with Crippen molar-refractivity contribution >= 4 is 23.3 Å². The molecule has 0 N–H and O–H groups in total. The third-order valence-corrected chi connectivity index (χ3v) is 4.06. The molecule has 0 aliphatic rings. The highest BCUT2D eigenvalue weighted by atomic mass is 32.2. The Kier molecular flexibility index (Phi) is 3.34. The van der Waals surface area contributed by atoms with E-state index in [1.165, 1.54) is 23.3 Å². The molecule has 98 valence electrons. The third-order valence-electron chi connectivity index (χ3n) is 2.44. The van der Waals surface area contributed by atoms with Gasteiger partial charge in [-0.15, -0.1) is 10.2 Å². The second kappa shape index (κ2) is 5.14. The van der Waals surface area contributed by atoms with Gasteiger partial charge in [-0.1, -0.05) is 6.92 Å². The van der Waals surface area contributed by atoms with Crippen molar-refractivity contribution in [3.05, 3.63) is 23.9 Å². The van der Waals surface area contributed by atoms with Crippen LogP contribution in [-0.4, -0.2) is 19.6 Å². The summed E-state index contributed by atoms with van der Waals surface area (Å²) in [7, 11) is 0. The summed E-state index contributed by atoms with van der Waals surface area (Å²) in [5.41, 5.74) is 0.811. The summed E-state index contributed by atoms with van der Waals surface area (Å²) in [5, 5.41) is 8.44. The molecule has 0 radical (unpaired) electrons. The third kappa shape index (κ3) is 2.54. The summed E-state index contributed by atoms with van der Waals surface area (Å²) >= 11 is 2.66. The molecule has 0 fully saturated rings. The van der Waals surface area contributed by atoms with Crippen LogP contribution in [0.5, 0.6) is 0 Å². The predicted molar refractivity (Wildman–Crippen MR) is 70.1 cm³/mol. The lowest BCUT2D eigenvalue weighted by Crippen LogP contribution is -1.80. The highest BCUT2D eigenvalue weighted by Gasteiger charge is 2.15. The van der Waals surface area contributed by atoms with Gasteiger partial charge in [0.1, 0.15) is 11.6 Å². The van der Waals surface area contributed by atoms with Gasteiger partial charge in [0.15, 0.2) is 4.34 Å². The fourth-order valence-electron chi connectivity index (χ4n) is 1.46. The molecule has 0 saturated carbocycles. The van der Waals surface area contributed by atoms with Crippen LogP contribution in [0, 0.1) is 6.92 Å². The fourth-order valence-corrected chi connectivity index (χ4v) is 2.94. The number of hydrogen-bond acceptors (Lipinski definition) is 8. The highest BCUT2D eigenvalue weighted by molar-refractivity contribution is 8.00. The van der Waals surface area contributed by atoms with Crippen LogP contribution in [0.1, 0.15) is 18.5 Å². The van der Waals surface area contributed by atoms with E-state index in [0.717, 1.165) is 27.9 Å². The van der Waals surface area contributed by atoms with Gasteiger partial charge in [-0.3, -0.25) is 0 Å². The SMILES string of the molecule is CCc1nsc(Sc2nnc(-c3ccoc3C)o2)n1. The van der Waals surface area contributed by atoms with E-state index in [1.54, 1.807) is 12.3 Å². The maximum Gasteiger partial charge on any atom is 0.284 e. The smallest absolute Gasteiger partial charge is 0.284 e. The predicted octanol–water partition coefficient (Wildman–Crippen LogP) is 3.20. The van der Waals surface area contributed by atoms with E-state index in [-0.39, 0.29) is 0 Å². The molecule has 8 heteroatoms. The van der Waals surface area contributed by atoms with Crippen molar-refractivity contribution in [2.45, 2.75) is 29.8 Å². The fraction of sp³-hybridized carbons (Fsp3) is 0.273. The number of nitrogens with zero attached hydrogens (tertiary/aromatic N) is 4. The van der Waals surface area contributed by atoms with Crippen molar-refractivity contribution in [2.24, 2.45) is 0 Å². The molecule has 0 unspecified atom stereocenters. The molecule has 3 rings (SSSR count). The van der Waals surface area contributed by atoms with Crippen molar-refractivity contribution in [2.75, 3.05) is 0 Å². The first-order chi connectivity index (χ1) is 9.26. The largest absolute Gasteiger partial charge is 0.469 e. The molecule has 0 aliphatic carbocycles. The van der Waals surface area contributed by atoms with Crippen LogP contribution >= 0.6 is 23.3 Å². The zero-order chi connectivity index (χ0) is 13.2. The minimum absolute atomic E-state index is 0.453. The molecule has 0 saturated heterocycles. The maximum atomic E-state index is 5.58. The molecule has 0 amide bonds. The van der Waals surface area contributed by atoms with Crippen LogP contribution < -0.4 is 0 Å². The molecule has 0 spiro atoms. The number of aryl methyl sites for hydroxylation is 2. The maximum absolute atomic E-state index is 5.58. The summed E-state index contributed by atoms with van der Waals surface area (Å²) in [6.07, 6.45) is 2.42. The Morgan fingerprint density at radius 2 is 2.26 bits per heavy atom. The first kappa shape index (κ1) is 12.4. The minimum atomic E-state index is 0.453. The summed E-state index contributed by atoms with van der Waals surface area (Å²) in [5.74, 6) is 2.04. The molecule has 19 heavy (non-hydrogen) atoms. The molecule has 3 heterocycles. The average molecular weight is 294 g/mol. The average Bonchev–Trinajstić information content (AvgIpc) is 3.10. The van der Waals surface area contributed by atoms with Crippen molar-refractivity contribution in [3.63, 3.8) is 0 Å².